The lowest BCUT2D eigenvalue weighted by Gasteiger charge is -2.26. The van der Waals surface area contributed by atoms with Crippen molar-refractivity contribution in [3.05, 3.63) is 33.4 Å². The Morgan fingerprint density at radius 1 is 0.236 bits per heavy atom. The van der Waals surface area contributed by atoms with Crippen LogP contribution in [0.5, 0.6) is 0 Å². The van der Waals surface area contributed by atoms with Gasteiger partial charge in [0, 0.05) is 0 Å². The van der Waals surface area contributed by atoms with Crippen LogP contribution >= 0.6 is 0 Å². The Labute approximate surface area is 437 Å². The number of hydrogen-bond acceptors (Lipinski definition) is 12. The molecule has 0 N–H and O–H groups in total. The molecule has 0 bridgehead atoms. The molecule has 0 aromatic heterocycles. The zero-order valence-corrected chi connectivity index (χ0v) is 47.6. The Morgan fingerprint density at radius 2 is 0.361 bits per heavy atom. The van der Waals surface area contributed by atoms with E-state index < -0.39 is 106 Å². The Hall–Kier alpha value is -3.96. The van der Waals surface area contributed by atoms with E-state index in [1.165, 1.54) is 0 Å². The molecule has 0 fully saturated rings. The van der Waals surface area contributed by atoms with Gasteiger partial charge in [0.05, 0.1) is 70.0 Å². The maximum Gasteiger partial charge on any atom is 0.340 e. The minimum Gasteiger partial charge on any atom is -0.459 e. The van der Waals surface area contributed by atoms with Gasteiger partial charge in [-0.3, -0.25) is 0 Å². The first-order valence-electron chi connectivity index (χ1n) is 29.0. The Kier molecular flexibility index (Phi) is 36.2. The summed E-state index contributed by atoms with van der Waals surface area (Å²) in [5.74, 6) is -6.94. The minimum atomic E-state index is -1.16. The summed E-state index contributed by atoms with van der Waals surface area (Å²) in [5, 5.41) is 0. The molecule has 1 aromatic rings. The third-order valence-electron chi connectivity index (χ3n) is 13.4. The second kappa shape index (κ2) is 39.5. The van der Waals surface area contributed by atoms with Gasteiger partial charge in [-0.1, -0.05) is 157 Å². The first kappa shape index (κ1) is 66.1. The fourth-order valence-corrected chi connectivity index (χ4v) is 8.93. The van der Waals surface area contributed by atoms with Crippen molar-refractivity contribution in [1.29, 1.82) is 0 Å². The Bertz CT molecular complexity index is 1380. The molecule has 0 spiro atoms. The van der Waals surface area contributed by atoms with Crippen LogP contribution in [0.1, 0.15) is 338 Å². The van der Waals surface area contributed by atoms with E-state index in [9.17, 15) is 0 Å². The molecular formula is C60H102O12. The van der Waals surface area contributed by atoms with Crippen LogP contribution in [0.4, 0.5) is 0 Å². The van der Waals surface area contributed by atoms with Crippen LogP contribution in [0.25, 0.3) is 0 Å². The van der Waals surface area contributed by atoms with Crippen molar-refractivity contribution in [3.8, 4) is 0 Å². The second-order valence-corrected chi connectivity index (χ2v) is 20.6. The van der Waals surface area contributed by atoms with Gasteiger partial charge in [0.1, 0.15) is 0 Å². The molecule has 0 saturated heterocycles. The van der Waals surface area contributed by atoms with Gasteiger partial charge in [-0.2, -0.15) is 0 Å². The Morgan fingerprint density at radius 3 is 0.472 bits per heavy atom. The largest absolute Gasteiger partial charge is 0.459 e. The fourth-order valence-electron chi connectivity index (χ4n) is 8.93. The van der Waals surface area contributed by atoms with Crippen molar-refractivity contribution in [3.63, 3.8) is 0 Å². The summed E-state index contributed by atoms with van der Waals surface area (Å²) in [6.45, 7) is 22.9. The van der Waals surface area contributed by atoms with E-state index in [0.29, 0.717) is 38.5 Å². The molecule has 1 aromatic carbocycles. The molecule has 6 atom stereocenters. The van der Waals surface area contributed by atoms with E-state index in [4.69, 9.17) is 28.4 Å². The van der Waals surface area contributed by atoms with Crippen LogP contribution in [0.3, 0.4) is 0 Å². The maximum atomic E-state index is 15.2. The lowest BCUT2D eigenvalue weighted by molar-refractivity contribution is 0.0204. The van der Waals surface area contributed by atoms with Gasteiger partial charge < -0.3 is 28.4 Å². The number of rotatable bonds is 42. The van der Waals surface area contributed by atoms with Crippen LogP contribution in [-0.4, -0.2) is 72.4 Å². The summed E-state index contributed by atoms with van der Waals surface area (Å²) in [7, 11) is 0. The molecule has 0 saturated carbocycles. The minimum absolute atomic E-state index is 0.463. The molecule has 12 nitrogen and oxygen atoms in total. The van der Waals surface area contributed by atoms with Crippen molar-refractivity contribution in [2.75, 3.05) is 0 Å². The predicted octanol–water partition coefficient (Wildman–Crippen LogP) is 16.8. The second-order valence-electron chi connectivity index (χ2n) is 20.6. The molecule has 0 amide bonds. The zero-order chi connectivity index (χ0) is 53.8. The van der Waals surface area contributed by atoms with Gasteiger partial charge >= 0.3 is 35.8 Å². The van der Waals surface area contributed by atoms with Crippen LogP contribution in [-0.2, 0) is 28.4 Å². The van der Waals surface area contributed by atoms with Crippen LogP contribution in [0.15, 0.2) is 0 Å². The highest BCUT2D eigenvalue weighted by Gasteiger charge is 2.45. The number of carbonyl (C=O) groups is 6. The summed E-state index contributed by atoms with van der Waals surface area (Å²) in [5.41, 5.74) is -4.27. The van der Waals surface area contributed by atoms with Gasteiger partial charge in [0.15, 0.2) is 0 Å². The fraction of sp³-hybridized carbons (Fsp3) is 0.800. The monoisotopic (exact) mass is 1010 g/mol. The maximum absolute atomic E-state index is 15.2. The third kappa shape index (κ3) is 25.8. The van der Waals surface area contributed by atoms with Crippen molar-refractivity contribution < 1.29 is 57.2 Å². The molecule has 1 rings (SSSR count). The van der Waals surface area contributed by atoms with Crippen molar-refractivity contribution in [2.45, 2.75) is 312 Å². The summed E-state index contributed by atoms with van der Waals surface area (Å²) < 4.78 is 36.8. The van der Waals surface area contributed by atoms with Crippen LogP contribution in [0.2, 0.25) is 0 Å². The molecule has 0 aliphatic heterocycles. The van der Waals surface area contributed by atoms with Gasteiger partial charge in [0.25, 0.3) is 0 Å². The molecule has 12 heteroatoms. The molecule has 0 aliphatic carbocycles. The van der Waals surface area contributed by atoms with Crippen LogP contribution in [0, 0.1) is 0 Å². The van der Waals surface area contributed by atoms with Crippen molar-refractivity contribution in [2.24, 2.45) is 0 Å². The summed E-state index contributed by atoms with van der Waals surface area (Å²) in [6.07, 6.45) is 20.2. The standard InChI is InChI=1S/C60H102O12/c1-13-19-25-31-37-43(7)67-55(61)49-50(56(62)68-44(8)38-32-26-20-14-2)52(58(64)70-46(10)40-34-28-22-16-4)54(60(66)72-48(12)42-36-30-24-18-6)53(59(65)71-47(11)41-35-29-23-17-5)51(49)57(63)69-45(9)39-33-27-21-15-3/h43-48H,13-42H2,1-12H3. The number of esters is 6. The molecule has 0 radical (unpaired) electrons. The number of carbonyl (C=O) groups excluding carboxylic acids is 6. The number of ether oxygens (including phenoxy) is 6. The normalized spacial score (nSPS) is 13.8. The number of unbranched alkanes of at least 4 members (excludes halogenated alkanes) is 18. The summed E-state index contributed by atoms with van der Waals surface area (Å²) >= 11 is 0. The van der Waals surface area contributed by atoms with E-state index in [-0.39, 0.29) is 0 Å². The third-order valence-corrected chi connectivity index (χ3v) is 13.4. The predicted molar refractivity (Wildman–Crippen MR) is 288 cm³/mol. The van der Waals surface area contributed by atoms with Crippen LogP contribution < -0.4 is 0 Å². The molecule has 0 heterocycles. The van der Waals surface area contributed by atoms with Gasteiger partial charge in [-0.25, -0.2) is 28.8 Å². The topological polar surface area (TPSA) is 158 Å². The molecule has 414 valence electrons. The number of hydrogen-bond donors (Lipinski definition) is 0. The zero-order valence-electron chi connectivity index (χ0n) is 47.6. The lowest BCUT2D eigenvalue weighted by Crippen LogP contribution is -2.34. The van der Waals surface area contributed by atoms with Gasteiger partial charge in [-0.15, -0.1) is 0 Å². The van der Waals surface area contributed by atoms with E-state index in [2.05, 4.69) is 41.5 Å². The average molecular weight is 1020 g/mol. The van der Waals surface area contributed by atoms with Gasteiger partial charge in [0.2, 0.25) is 0 Å². The van der Waals surface area contributed by atoms with Crippen molar-refractivity contribution in [1.82, 2.24) is 0 Å². The molecular weight excluding hydrogens is 913 g/mol. The first-order chi connectivity index (χ1) is 34.5. The lowest BCUT2D eigenvalue weighted by atomic mass is 9.85. The highest BCUT2D eigenvalue weighted by atomic mass is 16.6. The summed E-state index contributed by atoms with van der Waals surface area (Å²) in [4.78, 5) is 91.4. The average Bonchev–Trinajstić information content (AvgIpc) is 3.33. The number of benzene rings is 1. The molecule has 6 unspecified atom stereocenters. The van der Waals surface area contributed by atoms with Crippen molar-refractivity contribution >= 4 is 35.8 Å². The molecule has 0 aliphatic rings. The summed E-state index contributed by atoms with van der Waals surface area (Å²) in [6, 6.07) is 0. The van der Waals surface area contributed by atoms with E-state index >= 15 is 28.8 Å². The Balaban J connectivity index is 4.73. The van der Waals surface area contributed by atoms with E-state index in [1.54, 1.807) is 41.5 Å². The molecule has 72 heavy (non-hydrogen) atoms. The van der Waals surface area contributed by atoms with Gasteiger partial charge in [-0.05, 0) is 119 Å². The first-order valence-corrected chi connectivity index (χ1v) is 29.0. The SMILES string of the molecule is CCCCCCC(C)OC(=O)c1c(C(=O)OC(C)CCCCCC)c(C(=O)OC(C)CCCCCC)c(C(=O)OC(C)CCCCCC)c(C(=O)OC(C)CCCCCC)c1C(=O)OC(C)CCCCCC. The quantitative estimate of drug-likeness (QED) is 0.0347. The highest BCUT2D eigenvalue weighted by molar-refractivity contribution is 6.24. The highest BCUT2D eigenvalue weighted by Crippen LogP contribution is 2.36. The van der Waals surface area contributed by atoms with E-state index in [1.807, 2.05) is 0 Å². The van der Waals surface area contributed by atoms with E-state index in [0.717, 1.165) is 154 Å². The smallest absolute Gasteiger partial charge is 0.340 e.